The van der Waals surface area contributed by atoms with Gasteiger partial charge in [0.25, 0.3) is 0 Å². The van der Waals surface area contributed by atoms with Crippen LogP contribution in [0, 0.1) is 5.82 Å². The first-order valence-corrected chi connectivity index (χ1v) is 5.39. The number of hydrogen-bond donors (Lipinski definition) is 2. The van der Waals surface area contributed by atoms with E-state index >= 15 is 0 Å². The quantitative estimate of drug-likeness (QED) is 0.704. The van der Waals surface area contributed by atoms with E-state index in [1.807, 2.05) is 0 Å². The zero-order chi connectivity index (χ0) is 12.7. The number of methoxy groups -OCH3 is 2. The Kier molecular flexibility index (Phi) is 5.90. The summed E-state index contributed by atoms with van der Waals surface area (Å²) >= 11 is 0. The van der Waals surface area contributed by atoms with Crippen LogP contribution in [0.1, 0.15) is 11.6 Å². The van der Waals surface area contributed by atoms with Crippen LogP contribution in [0.4, 0.5) is 4.39 Å². The van der Waals surface area contributed by atoms with E-state index < -0.39 is 5.82 Å². The topological polar surface area (TPSA) is 50.7 Å². The van der Waals surface area contributed by atoms with Crippen molar-refractivity contribution in [1.82, 2.24) is 5.32 Å². The zero-order valence-electron chi connectivity index (χ0n) is 10.1. The predicted octanol–water partition coefficient (Wildman–Crippen LogP) is 1.10. The summed E-state index contributed by atoms with van der Waals surface area (Å²) < 4.78 is 23.2. The van der Waals surface area contributed by atoms with Crippen LogP contribution in [0.15, 0.2) is 18.2 Å². The van der Waals surface area contributed by atoms with Gasteiger partial charge in [-0.05, 0) is 17.7 Å². The second-order valence-electron chi connectivity index (χ2n) is 3.58. The Morgan fingerprint density at radius 3 is 2.71 bits per heavy atom. The lowest BCUT2D eigenvalue weighted by Gasteiger charge is -2.17. The maximum Gasteiger partial charge on any atom is 0.165 e. The Morgan fingerprint density at radius 2 is 2.18 bits per heavy atom. The maximum absolute atomic E-state index is 13.5. The number of ether oxygens (including phenoxy) is 2. The van der Waals surface area contributed by atoms with Crippen LogP contribution < -0.4 is 10.1 Å². The van der Waals surface area contributed by atoms with Gasteiger partial charge in [-0.2, -0.15) is 0 Å². The second kappa shape index (κ2) is 7.21. The van der Waals surface area contributed by atoms with Gasteiger partial charge in [0.15, 0.2) is 11.6 Å². The molecule has 1 aromatic carbocycles. The lowest BCUT2D eigenvalue weighted by atomic mass is 10.1. The highest BCUT2D eigenvalue weighted by atomic mass is 19.1. The average molecular weight is 243 g/mol. The molecule has 0 fully saturated rings. The van der Waals surface area contributed by atoms with Crippen LogP contribution in [0.3, 0.4) is 0 Å². The highest BCUT2D eigenvalue weighted by Gasteiger charge is 2.12. The molecule has 4 nitrogen and oxygen atoms in total. The van der Waals surface area contributed by atoms with Gasteiger partial charge in [-0.25, -0.2) is 4.39 Å². The van der Waals surface area contributed by atoms with Crippen LogP contribution in [0.2, 0.25) is 0 Å². The highest BCUT2D eigenvalue weighted by molar-refractivity contribution is 5.31. The Bertz CT molecular complexity index is 347. The van der Waals surface area contributed by atoms with Gasteiger partial charge in [-0.3, -0.25) is 0 Å². The minimum absolute atomic E-state index is 0.102. The Labute approximate surface area is 100 Å². The van der Waals surface area contributed by atoms with E-state index in [-0.39, 0.29) is 18.4 Å². The molecule has 0 bridgehead atoms. The van der Waals surface area contributed by atoms with Crippen molar-refractivity contribution < 1.29 is 19.0 Å². The molecular formula is C12H18FNO3. The van der Waals surface area contributed by atoms with Crippen LogP contribution in [0.5, 0.6) is 5.75 Å². The Hall–Kier alpha value is -1.17. The fourth-order valence-corrected chi connectivity index (χ4v) is 1.52. The molecule has 0 aromatic heterocycles. The predicted molar refractivity (Wildman–Crippen MR) is 62.7 cm³/mol. The van der Waals surface area contributed by atoms with Crippen molar-refractivity contribution in [1.29, 1.82) is 0 Å². The van der Waals surface area contributed by atoms with Crippen molar-refractivity contribution in [2.45, 2.75) is 6.04 Å². The molecule has 5 heteroatoms. The molecule has 0 aliphatic carbocycles. The Morgan fingerprint density at radius 1 is 1.41 bits per heavy atom. The van der Waals surface area contributed by atoms with Gasteiger partial charge in [0.2, 0.25) is 0 Å². The second-order valence-corrected chi connectivity index (χ2v) is 3.58. The normalized spacial score (nSPS) is 12.5. The molecule has 1 unspecified atom stereocenters. The molecule has 1 atom stereocenters. The molecule has 0 spiro atoms. The standard InChI is InChI=1S/C12H18FNO3/c1-16-6-5-14-11(8-15)9-3-4-12(17-2)10(13)7-9/h3-4,7,11,14-15H,5-6,8H2,1-2H3. The van der Waals surface area contributed by atoms with Gasteiger partial charge in [0.1, 0.15) is 0 Å². The van der Waals surface area contributed by atoms with Crippen LogP contribution >= 0.6 is 0 Å². The van der Waals surface area contributed by atoms with E-state index in [1.54, 1.807) is 19.2 Å². The van der Waals surface area contributed by atoms with Crippen molar-refractivity contribution in [3.8, 4) is 5.75 Å². The van der Waals surface area contributed by atoms with Gasteiger partial charge in [-0.1, -0.05) is 6.07 Å². The first-order chi connectivity index (χ1) is 8.22. The summed E-state index contributed by atoms with van der Waals surface area (Å²) in [6.07, 6.45) is 0. The molecule has 96 valence electrons. The van der Waals surface area contributed by atoms with E-state index in [0.29, 0.717) is 18.7 Å². The first-order valence-electron chi connectivity index (χ1n) is 5.39. The lowest BCUT2D eigenvalue weighted by molar-refractivity contribution is 0.184. The van der Waals surface area contributed by atoms with E-state index in [1.165, 1.54) is 13.2 Å². The number of benzene rings is 1. The molecule has 1 aromatic rings. The molecule has 0 saturated heterocycles. The first kappa shape index (κ1) is 13.9. The Balaban J connectivity index is 2.71. The van der Waals surface area contributed by atoms with Crippen molar-refractivity contribution in [2.75, 3.05) is 34.0 Å². The van der Waals surface area contributed by atoms with Crippen LogP contribution in [0.25, 0.3) is 0 Å². The minimum Gasteiger partial charge on any atom is -0.494 e. The average Bonchev–Trinajstić information content (AvgIpc) is 2.35. The van der Waals surface area contributed by atoms with Gasteiger partial charge in [0, 0.05) is 13.7 Å². The minimum atomic E-state index is -0.433. The molecule has 0 saturated carbocycles. The number of halogens is 1. The summed E-state index contributed by atoms with van der Waals surface area (Å²) in [6, 6.07) is 4.33. The summed E-state index contributed by atoms with van der Waals surface area (Å²) in [5.41, 5.74) is 0.682. The van der Waals surface area contributed by atoms with E-state index in [0.717, 1.165) is 0 Å². The maximum atomic E-state index is 13.5. The van der Waals surface area contributed by atoms with Crippen molar-refractivity contribution in [2.24, 2.45) is 0 Å². The third-order valence-corrected chi connectivity index (χ3v) is 2.46. The number of hydrogen-bond acceptors (Lipinski definition) is 4. The fraction of sp³-hybridized carbons (Fsp3) is 0.500. The molecular weight excluding hydrogens is 225 g/mol. The van der Waals surface area contributed by atoms with E-state index in [9.17, 15) is 9.50 Å². The molecule has 0 amide bonds. The number of aliphatic hydroxyl groups excluding tert-OH is 1. The third-order valence-electron chi connectivity index (χ3n) is 2.46. The highest BCUT2D eigenvalue weighted by Crippen LogP contribution is 2.21. The van der Waals surface area contributed by atoms with E-state index in [4.69, 9.17) is 9.47 Å². The van der Waals surface area contributed by atoms with Gasteiger partial charge < -0.3 is 19.9 Å². The van der Waals surface area contributed by atoms with E-state index in [2.05, 4.69) is 5.32 Å². The molecule has 1 rings (SSSR count). The number of nitrogens with one attached hydrogen (secondary N) is 1. The third kappa shape index (κ3) is 3.96. The molecule has 0 heterocycles. The fourth-order valence-electron chi connectivity index (χ4n) is 1.52. The summed E-state index contributed by atoms with van der Waals surface area (Å²) in [5, 5.41) is 12.3. The number of aliphatic hydroxyl groups is 1. The molecule has 17 heavy (non-hydrogen) atoms. The number of rotatable bonds is 7. The van der Waals surface area contributed by atoms with Crippen molar-refractivity contribution in [3.05, 3.63) is 29.6 Å². The van der Waals surface area contributed by atoms with Crippen molar-refractivity contribution in [3.63, 3.8) is 0 Å². The van der Waals surface area contributed by atoms with Gasteiger partial charge in [-0.15, -0.1) is 0 Å². The summed E-state index contributed by atoms with van der Waals surface area (Å²) in [4.78, 5) is 0. The molecule has 2 N–H and O–H groups in total. The molecule has 0 radical (unpaired) electrons. The lowest BCUT2D eigenvalue weighted by Crippen LogP contribution is -2.27. The smallest absolute Gasteiger partial charge is 0.165 e. The monoisotopic (exact) mass is 243 g/mol. The van der Waals surface area contributed by atoms with Gasteiger partial charge in [0.05, 0.1) is 26.4 Å². The summed E-state index contributed by atoms with van der Waals surface area (Å²) in [5.74, 6) is -0.237. The summed E-state index contributed by atoms with van der Waals surface area (Å²) in [7, 11) is 3.02. The summed E-state index contributed by atoms with van der Waals surface area (Å²) in [6.45, 7) is 1.03. The zero-order valence-corrected chi connectivity index (χ0v) is 10.1. The van der Waals surface area contributed by atoms with Crippen LogP contribution in [-0.4, -0.2) is 39.1 Å². The molecule has 0 aliphatic rings. The van der Waals surface area contributed by atoms with Crippen molar-refractivity contribution >= 4 is 0 Å². The van der Waals surface area contributed by atoms with Gasteiger partial charge >= 0.3 is 0 Å². The SMILES string of the molecule is COCCNC(CO)c1ccc(OC)c(F)c1. The largest absolute Gasteiger partial charge is 0.494 e. The van der Waals surface area contributed by atoms with Crippen LogP contribution in [-0.2, 0) is 4.74 Å². The molecule has 0 aliphatic heterocycles.